The van der Waals surface area contributed by atoms with E-state index in [1.807, 2.05) is 20.8 Å². The van der Waals surface area contributed by atoms with Gasteiger partial charge in [-0.15, -0.1) is 0 Å². The number of nitrogens with one attached hydrogen (secondary N) is 2. The number of urea groups is 1. The molecule has 8 nitrogen and oxygen atoms in total. The number of piperidine rings is 1. The molecule has 0 unspecified atom stereocenters. The molecule has 0 spiro atoms. The lowest BCUT2D eigenvalue weighted by Gasteiger charge is -2.32. The first-order valence-corrected chi connectivity index (χ1v) is 10.8. The molecular weight excluding hydrogens is 344 g/mol. The van der Waals surface area contributed by atoms with Crippen LogP contribution < -0.4 is 10.0 Å². The van der Waals surface area contributed by atoms with E-state index in [9.17, 15) is 18.0 Å². The number of carbonyl (C=O) groups is 2. The molecule has 25 heavy (non-hydrogen) atoms. The summed E-state index contributed by atoms with van der Waals surface area (Å²) in [6.45, 7) is 8.37. The van der Waals surface area contributed by atoms with E-state index in [0.29, 0.717) is 58.4 Å². The Morgan fingerprint density at radius 2 is 1.72 bits per heavy atom. The van der Waals surface area contributed by atoms with Crippen LogP contribution in [-0.4, -0.2) is 74.7 Å². The summed E-state index contributed by atoms with van der Waals surface area (Å²) in [6, 6.07) is -0.299. The van der Waals surface area contributed by atoms with Gasteiger partial charge in [0.2, 0.25) is 15.9 Å². The van der Waals surface area contributed by atoms with Crippen molar-refractivity contribution in [2.24, 2.45) is 0 Å². The molecule has 1 heterocycles. The summed E-state index contributed by atoms with van der Waals surface area (Å²) >= 11 is 0. The number of hydrogen-bond donors (Lipinski definition) is 2. The zero-order valence-corrected chi connectivity index (χ0v) is 16.4. The Labute approximate surface area is 151 Å². The summed E-state index contributed by atoms with van der Waals surface area (Å²) in [5, 5.41) is 2.77. The van der Waals surface area contributed by atoms with E-state index >= 15 is 0 Å². The number of amides is 3. The Bertz CT molecular complexity index is 526. The fourth-order valence-electron chi connectivity index (χ4n) is 2.90. The van der Waals surface area contributed by atoms with Gasteiger partial charge in [-0.1, -0.05) is 6.92 Å². The van der Waals surface area contributed by atoms with Gasteiger partial charge in [0.1, 0.15) is 0 Å². The highest BCUT2D eigenvalue weighted by Gasteiger charge is 2.25. The number of rotatable bonds is 9. The maximum absolute atomic E-state index is 12.1. The van der Waals surface area contributed by atoms with Crippen LogP contribution >= 0.6 is 0 Å². The number of hydrogen-bond acceptors (Lipinski definition) is 4. The molecule has 1 aliphatic heterocycles. The quantitative estimate of drug-likeness (QED) is 0.620. The van der Waals surface area contributed by atoms with E-state index in [1.165, 1.54) is 0 Å². The van der Waals surface area contributed by atoms with Crippen molar-refractivity contribution in [2.45, 2.75) is 52.5 Å². The molecule has 0 aliphatic carbocycles. The molecule has 0 saturated carbocycles. The minimum Gasteiger partial charge on any atom is -0.343 e. The third kappa shape index (κ3) is 7.60. The monoisotopic (exact) mass is 376 g/mol. The van der Waals surface area contributed by atoms with E-state index in [4.69, 9.17) is 0 Å². The smallest absolute Gasteiger partial charge is 0.317 e. The summed E-state index contributed by atoms with van der Waals surface area (Å²) in [6.07, 6.45) is 2.09. The fraction of sp³-hybridized carbons (Fsp3) is 0.875. The molecule has 0 bridgehead atoms. The predicted molar refractivity (Wildman–Crippen MR) is 97.8 cm³/mol. The van der Waals surface area contributed by atoms with Crippen LogP contribution in [-0.2, 0) is 14.8 Å². The molecular formula is C16H32N4O4S. The molecule has 0 aromatic carbocycles. The van der Waals surface area contributed by atoms with Crippen LogP contribution in [0.2, 0.25) is 0 Å². The molecule has 9 heteroatoms. The number of sulfonamides is 1. The molecule has 3 amide bonds. The van der Waals surface area contributed by atoms with Crippen molar-refractivity contribution >= 4 is 22.0 Å². The van der Waals surface area contributed by atoms with E-state index < -0.39 is 10.0 Å². The van der Waals surface area contributed by atoms with Crippen molar-refractivity contribution in [3.05, 3.63) is 0 Å². The summed E-state index contributed by atoms with van der Waals surface area (Å²) < 4.78 is 26.3. The molecule has 0 aromatic rings. The second kappa shape index (κ2) is 10.6. The van der Waals surface area contributed by atoms with E-state index in [0.717, 1.165) is 0 Å². The van der Waals surface area contributed by atoms with Gasteiger partial charge in [0.05, 0.1) is 5.75 Å². The van der Waals surface area contributed by atoms with Crippen LogP contribution in [0.15, 0.2) is 0 Å². The standard InChI is InChI=1S/C16H32N4O4S/c1-4-13-25(23,24)18-14-8-11-20(12-9-14)16(22)17-10-7-15(21)19(5-2)6-3/h14,18H,4-13H2,1-3H3,(H,17,22). The van der Waals surface area contributed by atoms with Crippen LogP contribution in [0.5, 0.6) is 0 Å². The molecule has 146 valence electrons. The Kier molecular flexibility index (Phi) is 9.20. The third-order valence-electron chi connectivity index (χ3n) is 4.33. The van der Waals surface area contributed by atoms with E-state index in [-0.39, 0.29) is 23.7 Å². The average molecular weight is 377 g/mol. The molecule has 0 aromatic heterocycles. The minimum atomic E-state index is -3.22. The fourth-order valence-corrected chi connectivity index (χ4v) is 4.30. The van der Waals surface area contributed by atoms with E-state index in [1.54, 1.807) is 9.80 Å². The highest BCUT2D eigenvalue weighted by atomic mass is 32.2. The second-order valence-electron chi connectivity index (χ2n) is 6.25. The normalized spacial score (nSPS) is 15.9. The van der Waals surface area contributed by atoms with Crippen molar-refractivity contribution in [1.29, 1.82) is 0 Å². The Morgan fingerprint density at radius 3 is 2.24 bits per heavy atom. The molecule has 1 saturated heterocycles. The molecule has 0 radical (unpaired) electrons. The number of carbonyl (C=O) groups excluding carboxylic acids is 2. The van der Waals surface area contributed by atoms with Gasteiger partial charge in [0.25, 0.3) is 0 Å². The second-order valence-corrected chi connectivity index (χ2v) is 8.12. The summed E-state index contributed by atoms with van der Waals surface area (Å²) in [4.78, 5) is 27.4. The zero-order valence-electron chi connectivity index (χ0n) is 15.6. The first kappa shape index (κ1) is 21.7. The predicted octanol–water partition coefficient (Wildman–Crippen LogP) is 0.748. The molecule has 1 rings (SSSR count). The summed E-state index contributed by atoms with van der Waals surface area (Å²) in [7, 11) is -3.22. The van der Waals surface area contributed by atoms with Crippen molar-refractivity contribution in [3.8, 4) is 0 Å². The lowest BCUT2D eigenvalue weighted by Crippen LogP contribution is -2.50. The Hall–Kier alpha value is -1.35. The summed E-state index contributed by atoms with van der Waals surface area (Å²) in [5.74, 6) is 0.170. The lowest BCUT2D eigenvalue weighted by molar-refractivity contribution is -0.130. The third-order valence-corrected chi connectivity index (χ3v) is 5.97. The van der Waals surface area contributed by atoms with E-state index in [2.05, 4.69) is 10.0 Å². The van der Waals surface area contributed by atoms with Gasteiger partial charge in [-0.05, 0) is 33.1 Å². The largest absolute Gasteiger partial charge is 0.343 e. The first-order chi connectivity index (χ1) is 11.8. The van der Waals surface area contributed by atoms with Crippen molar-refractivity contribution in [2.75, 3.05) is 38.5 Å². The van der Waals surface area contributed by atoms with Crippen LogP contribution in [0.4, 0.5) is 4.79 Å². The molecule has 1 fully saturated rings. The highest BCUT2D eigenvalue weighted by molar-refractivity contribution is 7.89. The number of likely N-dealkylation sites (tertiary alicyclic amines) is 1. The molecule has 0 atom stereocenters. The van der Waals surface area contributed by atoms with Gasteiger partial charge in [0, 0.05) is 45.2 Å². The van der Waals surface area contributed by atoms with Crippen LogP contribution in [0.3, 0.4) is 0 Å². The van der Waals surface area contributed by atoms with Gasteiger partial charge in [-0.25, -0.2) is 17.9 Å². The van der Waals surface area contributed by atoms with Crippen molar-refractivity contribution in [1.82, 2.24) is 19.8 Å². The van der Waals surface area contributed by atoms with Gasteiger partial charge < -0.3 is 15.1 Å². The average Bonchev–Trinajstić information content (AvgIpc) is 2.56. The Morgan fingerprint density at radius 1 is 1.12 bits per heavy atom. The topological polar surface area (TPSA) is 98.8 Å². The highest BCUT2D eigenvalue weighted by Crippen LogP contribution is 2.11. The zero-order chi connectivity index (χ0) is 18.9. The lowest BCUT2D eigenvalue weighted by atomic mass is 10.1. The maximum atomic E-state index is 12.1. The van der Waals surface area contributed by atoms with Crippen LogP contribution in [0.1, 0.15) is 46.5 Å². The van der Waals surface area contributed by atoms with Gasteiger partial charge in [-0.2, -0.15) is 0 Å². The summed E-state index contributed by atoms with van der Waals surface area (Å²) in [5.41, 5.74) is 0. The molecule has 2 N–H and O–H groups in total. The van der Waals surface area contributed by atoms with Crippen molar-refractivity contribution in [3.63, 3.8) is 0 Å². The van der Waals surface area contributed by atoms with Crippen molar-refractivity contribution < 1.29 is 18.0 Å². The van der Waals surface area contributed by atoms with Gasteiger partial charge >= 0.3 is 6.03 Å². The van der Waals surface area contributed by atoms with Crippen LogP contribution in [0, 0.1) is 0 Å². The molecule has 1 aliphatic rings. The maximum Gasteiger partial charge on any atom is 0.317 e. The Balaban J connectivity index is 2.30. The SMILES string of the molecule is CCCS(=O)(=O)NC1CCN(C(=O)NCCC(=O)N(CC)CC)CC1. The number of nitrogens with zero attached hydrogens (tertiary/aromatic N) is 2. The van der Waals surface area contributed by atoms with Crippen LogP contribution in [0.25, 0.3) is 0 Å². The van der Waals surface area contributed by atoms with Gasteiger partial charge in [0.15, 0.2) is 0 Å². The first-order valence-electron chi connectivity index (χ1n) is 9.13. The minimum absolute atomic E-state index is 0.0364. The van der Waals surface area contributed by atoms with Gasteiger partial charge in [-0.3, -0.25) is 4.79 Å².